The van der Waals surface area contributed by atoms with Crippen molar-refractivity contribution in [3.05, 3.63) is 35.9 Å². The lowest BCUT2D eigenvalue weighted by Gasteiger charge is -2.30. The first-order valence-corrected chi connectivity index (χ1v) is 14.1. The first-order valence-electron chi connectivity index (χ1n) is 14.1. The van der Waals surface area contributed by atoms with E-state index in [0.29, 0.717) is 5.06 Å². The number of urea groups is 2. The summed E-state index contributed by atoms with van der Waals surface area (Å²) in [5, 5.41) is 13.7. The van der Waals surface area contributed by atoms with Crippen LogP contribution in [-0.4, -0.2) is 89.4 Å². The molecule has 1 aliphatic rings. The zero-order valence-corrected chi connectivity index (χ0v) is 25.5. The van der Waals surface area contributed by atoms with Crippen LogP contribution in [-0.2, 0) is 25.7 Å². The molecule has 0 unspecified atom stereocenters. The molecule has 0 radical (unpaired) electrons. The van der Waals surface area contributed by atoms with E-state index < -0.39 is 53.7 Å². The van der Waals surface area contributed by atoms with Gasteiger partial charge in [0.15, 0.2) is 0 Å². The Labute approximate surface area is 251 Å². The van der Waals surface area contributed by atoms with E-state index >= 15 is 0 Å². The smallest absolute Gasteiger partial charge is 0.432 e. The fraction of sp³-hybridized carbons (Fsp3) is 0.571. The molecular formula is C28H43N7O8. The van der Waals surface area contributed by atoms with Gasteiger partial charge in [0.1, 0.15) is 5.60 Å². The summed E-state index contributed by atoms with van der Waals surface area (Å²) in [6.45, 7) is 10.9. The highest BCUT2D eigenvalue weighted by atomic mass is 16.7. The second-order valence-electron chi connectivity index (χ2n) is 11.3. The first kappa shape index (κ1) is 34.6. The average Bonchev–Trinajstić information content (AvgIpc) is 3.23. The van der Waals surface area contributed by atoms with E-state index in [0.717, 1.165) is 5.56 Å². The van der Waals surface area contributed by atoms with Crippen molar-refractivity contribution < 1.29 is 38.3 Å². The fourth-order valence-electron chi connectivity index (χ4n) is 3.80. The van der Waals surface area contributed by atoms with Gasteiger partial charge in [-0.3, -0.25) is 9.59 Å². The molecule has 3 atom stereocenters. The minimum absolute atomic E-state index is 0.0209. The van der Waals surface area contributed by atoms with Crippen molar-refractivity contribution in [3.8, 4) is 0 Å². The third-order valence-electron chi connectivity index (χ3n) is 5.98. The zero-order valence-electron chi connectivity index (χ0n) is 25.5. The van der Waals surface area contributed by atoms with Gasteiger partial charge in [-0.1, -0.05) is 30.3 Å². The molecule has 1 saturated heterocycles. The molecular weight excluding hydrogens is 562 g/mol. The summed E-state index contributed by atoms with van der Waals surface area (Å²) in [6.07, 6.45) is -1.62. The average molecular weight is 606 g/mol. The summed E-state index contributed by atoms with van der Waals surface area (Å²) in [4.78, 5) is 79.3. The van der Waals surface area contributed by atoms with Gasteiger partial charge in [0.25, 0.3) is 11.8 Å². The van der Waals surface area contributed by atoms with Crippen LogP contribution in [0.5, 0.6) is 0 Å². The Hall–Kier alpha value is -4.56. The monoisotopic (exact) mass is 605 g/mol. The number of rotatable bonds is 12. The van der Waals surface area contributed by atoms with Crippen LogP contribution in [0, 0.1) is 0 Å². The number of ether oxygens (including phenoxy) is 1. The SMILES string of the molecule is C[C@@H](CNC(=O)N(Cc1ccccc1)[C@@H](C)CNC(=O)ON1C(=O)CCC1=O)NC(=O)NC[C@H](C)NC(=O)OC(C)(C)C. The second-order valence-corrected chi connectivity index (χ2v) is 11.3. The van der Waals surface area contributed by atoms with Crippen molar-refractivity contribution in [2.24, 2.45) is 0 Å². The number of hydrogen-bond acceptors (Lipinski definition) is 8. The Balaban J connectivity index is 1.85. The maximum atomic E-state index is 13.2. The molecule has 0 spiro atoms. The Bertz CT molecular complexity index is 1130. The van der Waals surface area contributed by atoms with Crippen LogP contribution < -0.4 is 26.6 Å². The molecule has 0 saturated carbocycles. The maximum absolute atomic E-state index is 13.2. The summed E-state index contributed by atoms with van der Waals surface area (Å²) in [5.41, 5.74) is 0.210. The van der Waals surface area contributed by atoms with E-state index in [-0.39, 0.29) is 45.1 Å². The highest BCUT2D eigenvalue weighted by Gasteiger charge is 2.33. The minimum atomic E-state index is -0.991. The number of nitrogens with one attached hydrogen (secondary N) is 5. The van der Waals surface area contributed by atoms with E-state index in [4.69, 9.17) is 9.57 Å². The predicted molar refractivity (Wildman–Crippen MR) is 155 cm³/mol. The number of benzene rings is 1. The van der Waals surface area contributed by atoms with E-state index in [1.54, 1.807) is 41.5 Å². The van der Waals surface area contributed by atoms with Crippen LogP contribution in [0.25, 0.3) is 0 Å². The molecule has 0 aromatic heterocycles. The van der Waals surface area contributed by atoms with Crippen LogP contribution in [0.3, 0.4) is 0 Å². The molecule has 1 aromatic carbocycles. The third kappa shape index (κ3) is 12.9. The molecule has 1 fully saturated rings. The van der Waals surface area contributed by atoms with Crippen LogP contribution in [0.4, 0.5) is 19.2 Å². The molecule has 238 valence electrons. The maximum Gasteiger partial charge on any atom is 0.432 e. The molecule has 0 aliphatic carbocycles. The molecule has 0 bridgehead atoms. The topological polar surface area (TPSA) is 188 Å². The van der Waals surface area contributed by atoms with Crippen molar-refractivity contribution in [1.29, 1.82) is 0 Å². The lowest BCUT2D eigenvalue weighted by molar-refractivity contribution is -0.171. The number of imide groups is 1. The molecule has 1 aromatic rings. The van der Waals surface area contributed by atoms with Crippen molar-refractivity contribution in [3.63, 3.8) is 0 Å². The molecule has 1 heterocycles. The number of carbonyl (C=O) groups excluding carboxylic acids is 6. The molecule has 15 nitrogen and oxygen atoms in total. The summed E-state index contributed by atoms with van der Waals surface area (Å²) in [6, 6.07) is 6.95. The Kier molecular flexibility index (Phi) is 13.0. The zero-order chi connectivity index (χ0) is 32.2. The number of hydrogen-bond donors (Lipinski definition) is 5. The number of carbonyl (C=O) groups is 6. The third-order valence-corrected chi connectivity index (χ3v) is 5.98. The van der Waals surface area contributed by atoms with Crippen LogP contribution in [0.15, 0.2) is 30.3 Å². The lowest BCUT2D eigenvalue weighted by Crippen LogP contribution is -2.53. The number of hydroxylamine groups is 2. The Morgan fingerprint density at radius 3 is 2.02 bits per heavy atom. The highest BCUT2D eigenvalue weighted by Crippen LogP contribution is 2.13. The van der Waals surface area contributed by atoms with Gasteiger partial charge in [0, 0.05) is 57.1 Å². The molecule has 5 N–H and O–H groups in total. The lowest BCUT2D eigenvalue weighted by atomic mass is 10.2. The van der Waals surface area contributed by atoms with Gasteiger partial charge in [-0.15, -0.1) is 5.06 Å². The molecule has 1 aliphatic heterocycles. The van der Waals surface area contributed by atoms with E-state index in [2.05, 4.69) is 26.6 Å². The molecule has 2 rings (SSSR count). The second kappa shape index (κ2) is 16.2. The highest BCUT2D eigenvalue weighted by molar-refractivity contribution is 6.01. The summed E-state index contributed by atoms with van der Waals surface area (Å²) in [7, 11) is 0. The molecule has 8 amide bonds. The van der Waals surface area contributed by atoms with Gasteiger partial charge in [-0.2, -0.15) is 0 Å². The summed E-state index contributed by atoms with van der Waals surface area (Å²) < 4.78 is 5.19. The summed E-state index contributed by atoms with van der Waals surface area (Å²) >= 11 is 0. The van der Waals surface area contributed by atoms with Crippen LogP contribution >= 0.6 is 0 Å². The van der Waals surface area contributed by atoms with E-state index in [1.807, 2.05) is 30.3 Å². The largest absolute Gasteiger partial charge is 0.444 e. The van der Waals surface area contributed by atoms with Crippen LogP contribution in [0.2, 0.25) is 0 Å². The van der Waals surface area contributed by atoms with Gasteiger partial charge >= 0.3 is 24.2 Å². The number of nitrogens with zero attached hydrogens (tertiary/aromatic N) is 2. The van der Waals surface area contributed by atoms with Gasteiger partial charge < -0.3 is 41.1 Å². The van der Waals surface area contributed by atoms with Gasteiger partial charge in [0.2, 0.25) is 0 Å². The molecule has 43 heavy (non-hydrogen) atoms. The quantitative estimate of drug-likeness (QED) is 0.224. The standard InChI is InChI=1S/C28H43N7O8/c1-18(32-24(38)29-14-19(2)33-27(41)42-28(4,5)6)15-30-25(39)34(17-21-10-8-7-9-11-21)20(3)16-31-26(40)43-35-22(36)12-13-23(35)37/h7-11,18-20H,12-17H2,1-6H3,(H,30,39)(H,31,40)(H,33,41)(H2,29,32,38)/t18-,19-,20-/m0/s1. The molecule has 15 heteroatoms. The van der Waals surface area contributed by atoms with Crippen molar-refractivity contribution in [1.82, 2.24) is 36.5 Å². The van der Waals surface area contributed by atoms with E-state index in [1.165, 1.54) is 4.90 Å². The predicted octanol–water partition coefficient (Wildman–Crippen LogP) is 1.98. The minimum Gasteiger partial charge on any atom is -0.444 e. The van der Waals surface area contributed by atoms with Crippen LogP contribution in [0.1, 0.15) is 59.9 Å². The van der Waals surface area contributed by atoms with Gasteiger partial charge in [-0.25, -0.2) is 19.2 Å². The summed E-state index contributed by atoms with van der Waals surface area (Å²) in [5.74, 6) is -1.19. The van der Waals surface area contributed by atoms with Crippen molar-refractivity contribution >= 4 is 36.1 Å². The van der Waals surface area contributed by atoms with E-state index in [9.17, 15) is 28.8 Å². The fourth-order valence-corrected chi connectivity index (χ4v) is 3.80. The first-order chi connectivity index (χ1) is 20.1. The number of alkyl carbamates (subject to hydrolysis) is 1. The van der Waals surface area contributed by atoms with Gasteiger partial charge in [0.05, 0.1) is 0 Å². The Morgan fingerprint density at radius 1 is 0.837 bits per heavy atom. The van der Waals surface area contributed by atoms with Crippen molar-refractivity contribution in [2.75, 3.05) is 19.6 Å². The van der Waals surface area contributed by atoms with Crippen molar-refractivity contribution in [2.45, 2.75) is 84.7 Å². The Morgan fingerprint density at radius 2 is 1.42 bits per heavy atom. The van der Waals surface area contributed by atoms with Gasteiger partial charge in [-0.05, 0) is 47.1 Å². The number of amides is 8. The normalized spacial score (nSPS) is 15.1.